The van der Waals surface area contributed by atoms with Gasteiger partial charge in [0.2, 0.25) is 0 Å². The Hall–Kier alpha value is -9.18. The van der Waals surface area contributed by atoms with Gasteiger partial charge in [-0.2, -0.15) is 0 Å². The van der Waals surface area contributed by atoms with Crippen LogP contribution in [0.4, 0.5) is 0 Å². The SMILES string of the molecule is C=C(/C=C\c1c(C)c2ccccc2n1-c1ccc(-c2cc(-c3ccccc3)cc(-c3ccccc3)c2)cc1)c1ccc2c3ccccc3n(-c3ccc(-n4c5ccccc5c5ccccc54)cc3)c2c1. The van der Waals surface area contributed by atoms with Crippen molar-refractivity contribution in [3.63, 3.8) is 0 Å². The molecule has 0 aliphatic carbocycles. The van der Waals surface area contributed by atoms with E-state index in [9.17, 15) is 0 Å². The molecule has 3 heterocycles. The van der Waals surface area contributed by atoms with Crippen LogP contribution in [0.3, 0.4) is 0 Å². The lowest BCUT2D eigenvalue weighted by Crippen LogP contribution is -1.98. The summed E-state index contributed by atoms with van der Waals surface area (Å²) in [6.07, 6.45) is 4.43. The second-order valence-electron chi connectivity index (χ2n) is 18.3. The number of benzene rings is 10. The summed E-state index contributed by atoms with van der Waals surface area (Å²) in [5.74, 6) is 0. The van der Waals surface area contributed by atoms with Crippen molar-refractivity contribution < 1.29 is 0 Å². The maximum absolute atomic E-state index is 4.67. The first kappa shape index (κ1) is 41.0. The van der Waals surface area contributed by atoms with Gasteiger partial charge in [-0.15, -0.1) is 0 Å². The van der Waals surface area contributed by atoms with E-state index in [0.717, 1.165) is 39.4 Å². The molecule has 0 unspecified atom stereocenters. The molecule has 3 aromatic heterocycles. The highest BCUT2D eigenvalue weighted by Crippen LogP contribution is 2.38. The van der Waals surface area contributed by atoms with Gasteiger partial charge in [0.1, 0.15) is 0 Å². The summed E-state index contributed by atoms with van der Waals surface area (Å²) in [5.41, 5.74) is 20.8. The van der Waals surface area contributed by atoms with E-state index < -0.39 is 0 Å². The third-order valence-electron chi connectivity index (χ3n) is 14.2. The average molecular weight is 894 g/mol. The molecule has 0 aliphatic heterocycles. The van der Waals surface area contributed by atoms with Crippen molar-refractivity contribution >= 4 is 66.2 Å². The molecule has 0 saturated carbocycles. The monoisotopic (exact) mass is 893 g/mol. The van der Waals surface area contributed by atoms with Crippen molar-refractivity contribution in [3.8, 4) is 50.4 Å². The number of fused-ring (bicyclic) bond motifs is 7. The van der Waals surface area contributed by atoms with Crippen LogP contribution in [0.2, 0.25) is 0 Å². The summed E-state index contributed by atoms with van der Waals surface area (Å²) < 4.78 is 7.16. The van der Waals surface area contributed by atoms with E-state index >= 15 is 0 Å². The lowest BCUT2D eigenvalue weighted by Gasteiger charge is -2.13. The number of hydrogen-bond acceptors (Lipinski definition) is 0. The number of nitrogens with zero attached hydrogens (tertiary/aromatic N) is 3. The molecule has 0 N–H and O–H groups in total. The molecule has 0 bridgehead atoms. The van der Waals surface area contributed by atoms with E-state index in [-0.39, 0.29) is 0 Å². The zero-order chi connectivity index (χ0) is 46.7. The van der Waals surface area contributed by atoms with Crippen molar-refractivity contribution in [1.29, 1.82) is 0 Å². The topological polar surface area (TPSA) is 14.8 Å². The van der Waals surface area contributed by atoms with Crippen LogP contribution in [0.25, 0.3) is 117 Å². The Bertz CT molecular complexity index is 4050. The lowest BCUT2D eigenvalue weighted by molar-refractivity contribution is 1.10. The number of rotatable bonds is 9. The minimum atomic E-state index is 0.944. The van der Waals surface area contributed by atoms with Crippen molar-refractivity contribution in [2.75, 3.05) is 0 Å². The van der Waals surface area contributed by atoms with Gasteiger partial charge >= 0.3 is 0 Å². The molecule has 0 aliphatic rings. The van der Waals surface area contributed by atoms with Gasteiger partial charge < -0.3 is 13.7 Å². The predicted molar refractivity (Wildman–Crippen MR) is 298 cm³/mol. The van der Waals surface area contributed by atoms with Gasteiger partial charge in [0.25, 0.3) is 0 Å². The summed E-state index contributed by atoms with van der Waals surface area (Å²) in [6.45, 7) is 6.90. The maximum Gasteiger partial charge on any atom is 0.0547 e. The third-order valence-corrected chi connectivity index (χ3v) is 14.2. The predicted octanol–water partition coefficient (Wildman–Crippen LogP) is 17.9. The van der Waals surface area contributed by atoms with E-state index in [0.29, 0.717) is 0 Å². The fourth-order valence-electron chi connectivity index (χ4n) is 10.8. The van der Waals surface area contributed by atoms with Crippen LogP contribution in [0.1, 0.15) is 16.8 Å². The summed E-state index contributed by atoms with van der Waals surface area (Å²) in [6, 6.07) is 87.9. The average Bonchev–Trinajstić information content (AvgIpc) is 4.05. The molecule has 13 rings (SSSR count). The van der Waals surface area contributed by atoms with E-state index in [1.54, 1.807) is 0 Å². The van der Waals surface area contributed by atoms with Crippen LogP contribution in [0.5, 0.6) is 0 Å². The van der Waals surface area contributed by atoms with Crippen molar-refractivity contribution in [1.82, 2.24) is 13.7 Å². The molecule has 3 nitrogen and oxygen atoms in total. The minimum absolute atomic E-state index is 0.944. The zero-order valence-electron chi connectivity index (χ0n) is 38.8. The Kier molecular flexibility index (Phi) is 9.88. The molecule has 0 amide bonds. The van der Waals surface area contributed by atoms with Gasteiger partial charge in [-0.25, -0.2) is 0 Å². The quantitative estimate of drug-likeness (QED) is 0.128. The molecule has 330 valence electrons. The van der Waals surface area contributed by atoms with Crippen molar-refractivity contribution in [3.05, 3.63) is 272 Å². The molecule has 0 fully saturated rings. The van der Waals surface area contributed by atoms with Gasteiger partial charge in [0, 0.05) is 49.7 Å². The Morgan fingerprint density at radius 3 is 1.20 bits per heavy atom. The minimum Gasteiger partial charge on any atom is -0.310 e. The lowest BCUT2D eigenvalue weighted by atomic mass is 9.93. The fourth-order valence-corrected chi connectivity index (χ4v) is 10.8. The second kappa shape index (κ2) is 16.9. The van der Waals surface area contributed by atoms with Gasteiger partial charge in [0.05, 0.1) is 27.6 Å². The molecule has 13 aromatic rings. The molecular weight excluding hydrogens is 847 g/mol. The van der Waals surface area contributed by atoms with E-state index in [1.807, 2.05) is 0 Å². The van der Waals surface area contributed by atoms with Gasteiger partial charge in [-0.3, -0.25) is 0 Å². The Morgan fingerprint density at radius 1 is 0.329 bits per heavy atom. The fraction of sp³-hybridized carbons (Fsp3) is 0.0149. The molecule has 0 radical (unpaired) electrons. The molecule has 0 saturated heterocycles. The van der Waals surface area contributed by atoms with Crippen LogP contribution in [0, 0.1) is 6.92 Å². The molecule has 70 heavy (non-hydrogen) atoms. The number of hydrogen-bond donors (Lipinski definition) is 0. The Morgan fingerprint density at radius 2 is 0.700 bits per heavy atom. The van der Waals surface area contributed by atoms with E-state index in [4.69, 9.17) is 0 Å². The Balaban J connectivity index is 0.856. The molecule has 3 heteroatoms. The largest absolute Gasteiger partial charge is 0.310 e. The van der Waals surface area contributed by atoms with Crippen LogP contribution in [-0.4, -0.2) is 13.7 Å². The summed E-state index contributed by atoms with van der Waals surface area (Å²) in [7, 11) is 0. The first-order valence-corrected chi connectivity index (χ1v) is 24.0. The number of aryl methyl sites for hydroxylation is 1. The highest BCUT2D eigenvalue weighted by molar-refractivity contribution is 6.11. The molecular formula is C67H47N3. The van der Waals surface area contributed by atoms with Crippen molar-refractivity contribution in [2.24, 2.45) is 0 Å². The van der Waals surface area contributed by atoms with Crippen LogP contribution < -0.4 is 0 Å². The highest BCUT2D eigenvalue weighted by atomic mass is 15.0. The van der Waals surface area contributed by atoms with Crippen LogP contribution in [0.15, 0.2) is 255 Å². The standard InChI is InChI=1S/C67H47N3/c1-45(50-32-39-61-60-24-12-16-28-66(60)70(67(61)44-50)56-37-35-55(36-38-56)69-64-26-14-10-22-58(64)59-23-11-15-27-65(59)69)29-40-62-46(2)57-21-9-13-25-63(57)68(62)54-33-30-49(31-34-54)53-42-51(47-17-5-3-6-18-47)41-52(43-53)48-19-7-4-8-20-48/h3-44H,1H2,2H3/b40-29-. The number of allylic oxidation sites excluding steroid dienone is 2. The summed E-state index contributed by atoms with van der Waals surface area (Å²) >= 11 is 0. The highest BCUT2D eigenvalue weighted by Gasteiger charge is 2.18. The smallest absolute Gasteiger partial charge is 0.0547 e. The first-order valence-electron chi connectivity index (χ1n) is 24.0. The van der Waals surface area contributed by atoms with Crippen LogP contribution >= 0.6 is 0 Å². The van der Waals surface area contributed by atoms with Gasteiger partial charge in [-0.1, -0.05) is 170 Å². The van der Waals surface area contributed by atoms with Gasteiger partial charge in [-0.05, 0) is 148 Å². The molecule has 0 atom stereocenters. The van der Waals surface area contributed by atoms with Crippen molar-refractivity contribution in [2.45, 2.75) is 6.92 Å². The second-order valence-corrected chi connectivity index (χ2v) is 18.3. The Labute approximate surface area is 407 Å². The zero-order valence-corrected chi connectivity index (χ0v) is 38.8. The van der Waals surface area contributed by atoms with E-state index in [2.05, 4.69) is 282 Å². The number of aromatic nitrogens is 3. The third kappa shape index (κ3) is 6.90. The molecule has 10 aromatic carbocycles. The van der Waals surface area contributed by atoms with Gasteiger partial charge in [0.15, 0.2) is 0 Å². The summed E-state index contributed by atoms with van der Waals surface area (Å²) in [5, 5.41) is 6.19. The first-order chi connectivity index (χ1) is 34.6. The van der Waals surface area contributed by atoms with E-state index in [1.165, 1.54) is 87.9 Å². The normalized spacial score (nSPS) is 11.8. The van der Waals surface area contributed by atoms with Crippen LogP contribution in [-0.2, 0) is 0 Å². The maximum atomic E-state index is 4.67. The number of para-hydroxylation sites is 4. The molecule has 0 spiro atoms. The summed E-state index contributed by atoms with van der Waals surface area (Å²) in [4.78, 5) is 0.